The van der Waals surface area contributed by atoms with Crippen molar-refractivity contribution >= 4 is 49.7 Å². The van der Waals surface area contributed by atoms with Gasteiger partial charge in [-0.15, -0.1) is 0 Å². The number of fused-ring (bicyclic) bond motifs is 2. The van der Waals surface area contributed by atoms with Crippen LogP contribution in [-0.2, 0) is 14.8 Å². The summed E-state index contributed by atoms with van der Waals surface area (Å²) in [5.74, 6) is -0.282. The second-order valence-corrected chi connectivity index (χ2v) is 8.82. The first-order valence-corrected chi connectivity index (χ1v) is 11.1. The molecule has 0 aliphatic carbocycles. The maximum Gasteiger partial charge on any atom is 0.261 e. The summed E-state index contributed by atoms with van der Waals surface area (Å²) >= 11 is 0. The Morgan fingerprint density at radius 3 is 2.61 bits per heavy atom. The molecule has 0 atom stereocenters. The number of carbonyl (C=O) groups is 1. The van der Waals surface area contributed by atoms with Crippen molar-refractivity contribution in [1.82, 2.24) is 4.98 Å². The zero-order valence-electron chi connectivity index (χ0n) is 16.2. The Labute approximate surface area is 179 Å². The molecule has 1 aliphatic heterocycles. The van der Waals surface area contributed by atoms with E-state index in [1.54, 1.807) is 42.7 Å². The molecule has 2 N–H and O–H groups in total. The molecule has 1 amide bonds. The Morgan fingerprint density at radius 1 is 0.935 bits per heavy atom. The highest BCUT2D eigenvalue weighted by Crippen LogP contribution is 2.35. The minimum Gasteiger partial charge on any atom is -0.321 e. The molecule has 7 heteroatoms. The maximum absolute atomic E-state index is 13.1. The molecule has 0 bridgehead atoms. The lowest BCUT2D eigenvalue weighted by atomic mass is 10.0. The Morgan fingerprint density at radius 2 is 1.77 bits per heavy atom. The van der Waals surface area contributed by atoms with E-state index in [1.807, 2.05) is 36.4 Å². The van der Waals surface area contributed by atoms with Crippen molar-refractivity contribution in [3.05, 3.63) is 96.3 Å². The summed E-state index contributed by atoms with van der Waals surface area (Å²) in [7, 11) is -3.87. The van der Waals surface area contributed by atoms with Crippen molar-refractivity contribution in [2.24, 2.45) is 0 Å². The lowest BCUT2D eigenvalue weighted by Gasteiger charge is -2.12. The molecule has 5 rings (SSSR count). The maximum atomic E-state index is 13.1. The van der Waals surface area contributed by atoms with Crippen LogP contribution in [0.5, 0.6) is 0 Å². The summed E-state index contributed by atoms with van der Waals surface area (Å²) in [6.07, 6.45) is 4.98. The number of anilines is 2. The van der Waals surface area contributed by atoms with Crippen LogP contribution in [0, 0.1) is 0 Å². The van der Waals surface area contributed by atoms with Crippen molar-refractivity contribution in [3.8, 4) is 0 Å². The van der Waals surface area contributed by atoms with Crippen molar-refractivity contribution < 1.29 is 13.2 Å². The molecular formula is C24H17N3O3S. The molecule has 1 aliphatic rings. The average molecular weight is 427 g/mol. The van der Waals surface area contributed by atoms with Crippen LogP contribution in [0.25, 0.3) is 22.4 Å². The van der Waals surface area contributed by atoms with E-state index in [-0.39, 0.29) is 10.8 Å². The summed E-state index contributed by atoms with van der Waals surface area (Å²) in [5, 5.41) is 4.52. The molecule has 6 nitrogen and oxygen atoms in total. The number of aromatic nitrogens is 1. The highest BCUT2D eigenvalue weighted by Gasteiger charge is 2.27. The van der Waals surface area contributed by atoms with Crippen molar-refractivity contribution in [2.75, 3.05) is 10.0 Å². The van der Waals surface area contributed by atoms with Gasteiger partial charge >= 0.3 is 0 Å². The van der Waals surface area contributed by atoms with Crippen LogP contribution in [0.2, 0.25) is 0 Å². The van der Waals surface area contributed by atoms with E-state index in [4.69, 9.17) is 0 Å². The predicted molar refractivity (Wildman–Crippen MR) is 122 cm³/mol. The van der Waals surface area contributed by atoms with Crippen molar-refractivity contribution in [2.45, 2.75) is 4.90 Å². The summed E-state index contributed by atoms with van der Waals surface area (Å²) in [4.78, 5) is 16.6. The summed E-state index contributed by atoms with van der Waals surface area (Å²) < 4.78 is 29.0. The van der Waals surface area contributed by atoms with Crippen molar-refractivity contribution in [3.63, 3.8) is 0 Å². The number of hydrogen-bond acceptors (Lipinski definition) is 4. The molecule has 0 saturated carbocycles. The Hall–Kier alpha value is -3.97. The van der Waals surface area contributed by atoms with Gasteiger partial charge in [0.1, 0.15) is 0 Å². The third-order valence-corrected chi connectivity index (χ3v) is 6.48. The normalized spacial score (nSPS) is 14.5. The molecule has 1 aromatic heterocycles. The van der Waals surface area contributed by atoms with Crippen LogP contribution >= 0.6 is 0 Å². The highest BCUT2D eigenvalue weighted by molar-refractivity contribution is 7.92. The number of pyridine rings is 1. The molecular weight excluding hydrogens is 410 g/mol. The van der Waals surface area contributed by atoms with Crippen LogP contribution in [0.1, 0.15) is 11.1 Å². The smallest absolute Gasteiger partial charge is 0.261 e. The van der Waals surface area contributed by atoms with Gasteiger partial charge < -0.3 is 5.32 Å². The minimum absolute atomic E-state index is 0.0766. The second-order valence-electron chi connectivity index (χ2n) is 7.14. The number of nitrogens with zero attached hydrogens (tertiary/aromatic N) is 1. The van der Waals surface area contributed by atoms with Gasteiger partial charge in [0.05, 0.1) is 10.6 Å². The summed E-state index contributed by atoms with van der Waals surface area (Å²) in [6, 6.07) is 21.2. The number of benzene rings is 3. The third-order valence-electron chi connectivity index (χ3n) is 5.11. The quantitative estimate of drug-likeness (QED) is 0.469. The SMILES string of the molecule is O=C1Nc2ccc(S(=O)(=O)Nc3cccc4ccccc34)cc2/C1=C\c1cccnc1. The summed E-state index contributed by atoms with van der Waals surface area (Å²) in [5.41, 5.74) is 2.76. The minimum atomic E-state index is -3.87. The van der Waals surface area contributed by atoms with Crippen LogP contribution in [-0.4, -0.2) is 19.3 Å². The van der Waals surface area contributed by atoms with E-state index < -0.39 is 10.0 Å². The van der Waals surface area contributed by atoms with Gasteiger partial charge in [-0.1, -0.05) is 42.5 Å². The fourth-order valence-corrected chi connectivity index (χ4v) is 4.73. The first-order valence-electron chi connectivity index (χ1n) is 9.59. The third kappa shape index (κ3) is 3.55. The number of rotatable bonds is 4. The fourth-order valence-electron chi connectivity index (χ4n) is 3.62. The fraction of sp³-hybridized carbons (Fsp3) is 0. The van der Waals surface area contributed by atoms with Crippen LogP contribution in [0.3, 0.4) is 0 Å². The molecule has 31 heavy (non-hydrogen) atoms. The molecule has 0 unspecified atom stereocenters. The van der Waals surface area contributed by atoms with Gasteiger partial charge in [0, 0.05) is 34.6 Å². The molecule has 4 aromatic rings. The number of nitrogens with one attached hydrogen (secondary N) is 2. The molecule has 3 aromatic carbocycles. The van der Waals surface area contributed by atoms with Gasteiger partial charge in [-0.25, -0.2) is 8.42 Å². The number of sulfonamides is 1. The van der Waals surface area contributed by atoms with E-state index in [9.17, 15) is 13.2 Å². The van der Waals surface area contributed by atoms with Gasteiger partial charge in [0.15, 0.2) is 0 Å². The molecule has 2 heterocycles. The molecule has 0 saturated heterocycles. The van der Waals surface area contributed by atoms with E-state index >= 15 is 0 Å². The standard InChI is InChI=1S/C24H17N3O3S/c28-24-21(13-16-5-4-12-25-15-16)20-14-18(10-11-22(20)26-24)31(29,30)27-23-9-3-7-17-6-1-2-8-19(17)23/h1-15,27H,(H,26,28)/b21-13+. The lowest BCUT2D eigenvalue weighted by Crippen LogP contribution is -2.13. The average Bonchev–Trinajstić information content (AvgIpc) is 3.09. The number of amides is 1. The molecule has 0 spiro atoms. The predicted octanol–water partition coefficient (Wildman–Crippen LogP) is 4.53. The molecule has 0 radical (unpaired) electrons. The van der Waals surface area contributed by atoms with Gasteiger partial charge in [-0.3, -0.25) is 14.5 Å². The van der Waals surface area contributed by atoms with E-state index in [1.165, 1.54) is 12.1 Å². The van der Waals surface area contributed by atoms with E-state index in [0.717, 1.165) is 16.3 Å². The Balaban J connectivity index is 1.55. The second kappa shape index (κ2) is 7.37. The van der Waals surface area contributed by atoms with Crippen LogP contribution in [0.4, 0.5) is 11.4 Å². The van der Waals surface area contributed by atoms with Gasteiger partial charge in [-0.05, 0) is 47.4 Å². The largest absolute Gasteiger partial charge is 0.321 e. The zero-order valence-corrected chi connectivity index (χ0v) is 17.1. The van der Waals surface area contributed by atoms with Gasteiger partial charge in [-0.2, -0.15) is 0 Å². The van der Waals surface area contributed by atoms with E-state index in [0.29, 0.717) is 22.5 Å². The molecule has 152 valence electrons. The number of carbonyl (C=O) groups excluding carboxylic acids is 1. The number of hydrogen-bond donors (Lipinski definition) is 2. The zero-order chi connectivity index (χ0) is 21.4. The monoisotopic (exact) mass is 427 g/mol. The van der Waals surface area contributed by atoms with Crippen molar-refractivity contribution in [1.29, 1.82) is 0 Å². The lowest BCUT2D eigenvalue weighted by molar-refractivity contribution is -0.110. The highest BCUT2D eigenvalue weighted by atomic mass is 32.2. The first-order chi connectivity index (χ1) is 15.0. The van der Waals surface area contributed by atoms with Gasteiger partial charge in [0.2, 0.25) is 0 Å². The first kappa shape index (κ1) is 19.0. The Bertz CT molecular complexity index is 1460. The van der Waals surface area contributed by atoms with Gasteiger partial charge in [0.25, 0.3) is 15.9 Å². The van der Waals surface area contributed by atoms with E-state index in [2.05, 4.69) is 15.0 Å². The topological polar surface area (TPSA) is 88.2 Å². The summed E-state index contributed by atoms with van der Waals surface area (Å²) in [6.45, 7) is 0. The van der Waals surface area contributed by atoms with Crippen LogP contribution < -0.4 is 10.0 Å². The van der Waals surface area contributed by atoms with Crippen LogP contribution in [0.15, 0.2) is 90.1 Å². The Kier molecular flexibility index (Phi) is 4.52. The molecule has 0 fully saturated rings.